The molecule has 0 aliphatic rings. The second-order valence-corrected chi connectivity index (χ2v) is 7.62. The van der Waals surface area contributed by atoms with Crippen molar-refractivity contribution in [2.24, 2.45) is 4.99 Å². The highest BCUT2D eigenvalue weighted by atomic mass is 32.1. The number of hydrogen-bond donors (Lipinski definition) is 3. The zero-order chi connectivity index (χ0) is 23.6. The number of methoxy groups -OCH3 is 1. The van der Waals surface area contributed by atoms with Crippen LogP contribution in [0.15, 0.2) is 65.7 Å². The zero-order valence-corrected chi connectivity index (χ0v) is 19.6. The van der Waals surface area contributed by atoms with Gasteiger partial charge in [0.1, 0.15) is 0 Å². The number of nitrogens with one attached hydrogen (secondary N) is 3. The Hall–Kier alpha value is -3.85. The number of esters is 1. The van der Waals surface area contributed by atoms with Crippen molar-refractivity contribution < 1.29 is 9.53 Å². The summed E-state index contributed by atoms with van der Waals surface area (Å²) in [6, 6.07) is 18.8. The van der Waals surface area contributed by atoms with Crippen LogP contribution in [-0.2, 0) is 11.2 Å². The number of anilines is 2. The van der Waals surface area contributed by atoms with E-state index >= 15 is 0 Å². The molecule has 3 aromatic rings. The van der Waals surface area contributed by atoms with Crippen molar-refractivity contribution in [2.75, 3.05) is 24.3 Å². The fourth-order valence-corrected chi connectivity index (χ4v) is 3.23. The van der Waals surface area contributed by atoms with Crippen LogP contribution in [0.4, 0.5) is 11.6 Å². The number of thiocarbonyl (C=S) groups is 1. The molecule has 9 heteroatoms. The second-order valence-electron chi connectivity index (χ2n) is 7.21. The number of carbonyl (C=O) groups excluding carboxylic acids is 1. The second kappa shape index (κ2) is 11.7. The third kappa shape index (κ3) is 7.65. The van der Waals surface area contributed by atoms with E-state index < -0.39 is 5.97 Å². The molecule has 0 saturated carbocycles. The molecule has 0 atom stereocenters. The van der Waals surface area contributed by atoms with Crippen LogP contribution in [0.1, 0.15) is 27.3 Å². The van der Waals surface area contributed by atoms with Crippen molar-refractivity contribution in [2.45, 2.75) is 20.3 Å². The summed E-state index contributed by atoms with van der Waals surface area (Å²) in [4.78, 5) is 25.1. The van der Waals surface area contributed by atoms with Crippen molar-refractivity contribution in [1.82, 2.24) is 15.3 Å². The number of ether oxygens (including phenoxy) is 1. The van der Waals surface area contributed by atoms with Gasteiger partial charge in [0.25, 0.3) is 0 Å². The lowest BCUT2D eigenvalue weighted by atomic mass is 10.2. The number of aliphatic imine (C=N–C) groups is 1. The van der Waals surface area contributed by atoms with Crippen LogP contribution in [0.25, 0.3) is 0 Å². The molecule has 3 rings (SSSR count). The first-order valence-electron chi connectivity index (χ1n) is 10.4. The molecule has 33 heavy (non-hydrogen) atoms. The van der Waals surface area contributed by atoms with Gasteiger partial charge in [0.15, 0.2) is 5.11 Å². The maximum Gasteiger partial charge on any atom is 0.337 e. The Morgan fingerprint density at radius 2 is 1.67 bits per heavy atom. The van der Waals surface area contributed by atoms with Gasteiger partial charge in [0, 0.05) is 23.6 Å². The van der Waals surface area contributed by atoms with Gasteiger partial charge in [0.05, 0.1) is 12.7 Å². The molecule has 0 radical (unpaired) electrons. The number of nitrogens with zero attached hydrogens (tertiary/aromatic N) is 3. The lowest BCUT2D eigenvalue weighted by Gasteiger charge is -2.14. The Morgan fingerprint density at radius 1 is 1.00 bits per heavy atom. The van der Waals surface area contributed by atoms with E-state index in [0.29, 0.717) is 34.8 Å². The highest BCUT2D eigenvalue weighted by Gasteiger charge is 2.09. The Labute approximate surface area is 198 Å². The molecule has 170 valence electrons. The molecule has 0 amide bonds. The molecule has 8 nitrogen and oxygen atoms in total. The van der Waals surface area contributed by atoms with Crippen LogP contribution >= 0.6 is 12.2 Å². The largest absolute Gasteiger partial charge is 0.465 e. The Bertz CT molecular complexity index is 1110. The molecular formula is C24H26N6O2S. The number of aromatic nitrogens is 2. The minimum absolute atomic E-state index is 0.330. The van der Waals surface area contributed by atoms with E-state index in [9.17, 15) is 4.79 Å². The third-order valence-electron chi connectivity index (χ3n) is 4.52. The summed E-state index contributed by atoms with van der Waals surface area (Å²) in [5.41, 5.74) is 4.06. The fraction of sp³-hybridized carbons (Fsp3) is 0.208. The fourth-order valence-electron chi connectivity index (χ4n) is 3.02. The molecule has 0 aliphatic heterocycles. The van der Waals surface area contributed by atoms with Gasteiger partial charge in [-0.15, -0.1) is 0 Å². The van der Waals surface area contributed by atoms with Gasteiger partial charge in [-0.05, 0) is 68.4 Å². The molecule has 0 spiro atoms. The number of benzene rings is 2. The van der Waals surface area contributed by atoms with Gasteiger partial charge in [-0.25, -0.2) is 14.8 Å². The predicted octanol–water partition coefficient (Wildman–Crippen LogP) is 3.88. The minimum atomic E-state index is -0.396. The number of hydrogen-bond acceptors (Lipinski definition) is 6. The van der Waals surface area contributed by atoms with Crippen LogP contribution in [-0.4, -0.2) is 40.7 Å². The van der Waals surface area contributed by atoms with E-state index in [2.05, 4.69) is 43.0 Å². The van der Waals surface area contributed by atoms with Gasteiger partial charge in [0.2, 0.25) is 11.9 Å². The molecule has 3 N–H and O–H groups in total. The molecule has 2 aromatic carbocycles. The first kappa shape index (κ1) is 23.8. The van der Waals surface area contributed by atoms with Gasteiger partial charge in [-0.1, -0.05) is 30.3 Å². The molecule has 0 aliphatic carbocycles. The summed E-state index contributed by atoms with van der Waals surface area (Å²) >= 11 is 5.46. The van der Waals surface area contributed by atoms with Crippen LogP contribution in [0.3, 0.4) is 0 Å². The highest BCUT2D eigenvalue weighted by molar-refractivity contribution is 7.80. The minimum Gasteiger partial charge on any atom is -0.465 e. The average molecular weight is 463 g/mol. The maximum absolute atomic E-state index is 11.6. The van der Waals surface area contributed by atoms with E-state index in [1.807, 2.05) is 38.1 Å². The normalized spacial score (nSPS) is 10.9. The van der Waals surface area contributed by atoms with Crippen LogP contribution in [0.5, 0.6) is 0 Å². The topological polar surface area (TPSA) is 101 Å². The summed E-state index contributed by atoms with van der Waals surface area (Å²) in [5.74, 6) is 0.469. The predicted molar refractivity (Wildman–Crippen MR) is 135 cm³/mol. The van der Waals surface area contributed by atoms with E-state index in [0.717, 1.165) is 17.8 Å². The number of carbonyl (C=O) groups is 1. The number of rotatable bonds is 6. The molecule has 1 aromatic heterocycles. The maximum atomic E-state index is 11.6. The van der Waals surface area contributed by atoms with Crippen LogP contribution in [0.2, 0.25) is 0 Å². The lowest BCUT2D eigenvalue weighted by Crippen LogP contribution is -2.39. The van der Waals surface area contributed by atoms with Crippen molar-refractivity contribution in [3.63, 3.8) is 0 Å². The van der Waals surface area contributed by atoms with Crippen molar-refractivity contribution >= 4 is 40.9 Å². The SMILES string of the molecule is COC(=O)c1ccc(NC(=S)NC(=NCCc2ccccc2)Nc2nc(C)cc(C)n2)cc1. The smallest absolute Gasteiger partial charge is 0.337 e. The summed E-state index contributed by atoms with van der Waals surface area (Å²) in [6.07, 6.45) is 0.774. The monoisotopic (exact) mass is 462 g/mol. The molecule has 0 fully saturated rings. The van der Waals surface area contributed by atoms with E-state index in [1.54, 1.807) is 24.3 Å². The van der Waals surface area contributed by atoms with Crippen molar-refractivity contribution in [3.05, 3.63) is 83.2 Å². The van der Waals surface area contributed by atoms with Crippen molar-refractivity contribution in [1.29, 1.82) is 0 Å². The molecule has 0 bridgehead atoms. The first-order valence-corrected chi connectivity index (χ1v) is 10.8. The van der Waals surface area contributed by atoms with Crippen molar-refractivity contribution in [3.8, 4) is 0 Å². The number of aryl methyl sites for hydroxylation is 2. The Kier molecular flexibility index (Phi) is 8.43. The van der Waals surface area contributed by atoms with Gasteiger partial charge in [-0.3, -0.25) is 10.3 Å². The highest BCUT2D eigenvalue weighted by Crippen LogP contribution is 2.10. The molecule has 0 saturated heterocycles. The van der Waals surface area contributed by atoms with E-state index in [-0.39, 0.29) is 0 Å². The zero-order valence-electron chi connectivity index (χ0n) is 18.8. The lowest BCUT2D eigenvalue weighted by molar-refractivity contribution is 0.0601. The van der Waals surface area contributed by atoms with E-state index in [4.69, 9.17) is 17.0 Å². The standard InChI is InChI=1S/C24H26N6O2S/c1-16-15-17(2)27-23(26-16)29-22(25-14-13-18-7-5-4-6-8-18)30-24(33)28-20-11-9-19(10-12-20)21(31)32-3/h4-12,15H,13-14H2,1-3H3,(H3,25,26,27,28,29,30,33). The van der Waals surface area contributed by atoms with Gasteiger partial charge < -0.3 is 15.4 Å². The summed E-state index contributed by atoms with van der Waals surface area (Å²) < 4.78 is 4.72. The van der Waals surface area contributed by atoms with Gasteiger partial charge >= 0.3 is 5.97 Å². The quantitative estimate of drug-likeness (QED) is 0.220. The molecule has 0 unspecified atom stereocenters. The first-order chi connectivity index (χ1) is 15.9. The average Bonchev–Trinajstić information content (AvgIpc) is 2.79. The summed E-state index contributed by atoms with van der Waals surface area (Å²) in [5, 5.41) is 9.61. The Morgan fingerprint density at radius 3 is 2.30 bits per heavy atom. The van der Waals surface area contributed by atoms with Crippen LogP contribution in [0, 0.1) is 13.8 Å². The van der Waals surface area contributed by atoms with Crippen LogP contribution < -0.4 is 16.0 Å². The van der Waals surface area contributed by atoms with E-state index in [1.165, 1.54) is 12.7 Å². The summed E-state index contributed by atoms with van der Waals surface area (Å²) in [7, 11) is 1.35. The third-order valence-corrected chi connectivity index (χ3v) is 4.73. The molecule has 1 heterocycles. The number of guanidine groups is 1. The molecular weight excluding hydrogens is 436 g/mol. The Balaban J connectivity index is 1.69. The summed E-state index contributed by atoms with van der Waals surface area (Å²) in [6.45, 7) is 4.36. The van der Waals surface area contributed by atoms with Gasteiger partial charge in [-0.2, -0.15) is 0 Å².